The topological polar surface area (TPSA) is 86.3 Å². The molecule has 1 fully saturated rings. The summed E-state index contributed by atoms with van der Waals surface area (Å²) < 4.78 is 27.4. The molecule has 0 bridgehead atoms. The van der Waals surface area contributed by atoms with Crippen molar-refractivity contribution in [3.8, 4) is 11.3 Å². The van der Waals surface area contributed by atoms with Gasteiger partial charge in [-0.15, -0.1) is 0 Å². The number of nitrogens with zero attached hydrogens (tertiary/aromatic N) is 2. The lowest BCUT2D eigenvalue weighted by molar-refractivity contribution is -0.116. The minimum absolute atomic E-state index is 0.203. The van der Waals surface area contributed by atoms with E-state index in [4.69, 9.17) is 0 Å². The van der Waals surface area contributed by atoms with Crippen LogP contribution in [0.4, 0.5) is 13.6 Å². The van der Waals surface area contributed by atoms with E-state index < -0.39 is 39.1 Å². The average molecular weight is 422 g/mol. The number of likely N-dealkylation sites (tertiary alicyclic amines) is 1. The van der Waals surface area contributed by atoms with Crippen LogP contribution < -0.4 is 0 Å². The van der Waals surface area contributed by atoms with Gasteiger partial charge in [0.25, 0.3) is 5.92 Å². The number of H-pyrrole nitrogens is 1. The van der Waals surface area contributed by atoms with Crippen LogP contribution >= 0.6 is 0 Å². The molecule has 1 atom stereocenters. The third-order valence-corrected chi connectivity index (χ3v) is 6.28. The lowest BCUT2D eigenvalue weighted by Crippen LogP contribution is -2.31. The number of imidazole rings is 1. The van der Waals surface area contributed by atoms with Gasteiger partial charge in [-0.05, 0) is 11.1 Å². The van der Waals surface area contributed by atoms with Crippen LogP contribution in [-0.4, -0.2) is 52.4 Å². The van der Waals surface area contributed by atoms with Crippen molar-refractivity contribution in [3.63, 3.8) is 0 Å². The SMILES string of the molecule is C[Si](C)(C)CC(=O)Cc1ccc(-c2cnc(C3CC(F)(F)CN3C(=O)O)[nH]2)cc1. The number of carbonyl (C=O) groups is 2. The lowest BCUT2D eigenvalue weighted by Gasteiger charge is -2.18. The van der Waals surface area contributed by atoms with Gasteiger partial charge in [-0.1, -0.05) is 43.9 Å². The summed E-state index contributed by atoms with van der Waals surface area (Å²) >= 11 is 0. The standard InChI is InChI=1S/C20H25F2N3O3Si/c1-29(2,3)11-15(26)8-13-4-6-14(7-5-13)16-10-23-18(24-16)17-9-20(21,22)12-25(17)19(27)28/h4-7,10,17H,8-9,11-12H2,1-3H3,(H,23,24)(H,27,28). The summed E-state index contributed by atoms with van der Waals surface area (Å²) in [5.41, 5.74) is 2.32. The number of carbonyl (C=O) groups excluding carboxylic acids is 1. The number of aromatic amines is 1. The quantitative estimate of drug-likeness (QED) is 0.668. The Morgan fingerprint density at radius 1 is 1.28 bits per heavy atom. The Balaban J connectivity index is 1.72. The molecule has 1 aliphatic rings. The van der Waals surface area contributed by atoms with E-state index in [9.17, 15) is 23.5 Å². The zero-order valence-corrected chi connectivity index (χ0v) is 17.7. The van der Waals surface area contributed by atoms with Gasteiger partial charge in [-0.2, -0.15) is 0 Å². The van der Waals surface area contributed by atoms with Gasteiger partial charge in [0, 0.05) is 18.9 Å². The predicted octanol–water partition coefficient (Wildman–Crippen LogP) is 4.59. The zero-order chi connectivity index (χ0) is 21.4. The fraction of sp³-hybridized carbons (Fsp3) is 0.450. The van der Waals surface area contributed by atoms with Crippen molar-refractivity contribution in [1.29, 1.82) is 0 Å². The number of benzene rings is 1. The first-order valence-electron chi connectivity index (χ1n) is 9.47. The van der Waals surface area contributed by atoms with E-state index in [0.717, 1.165) is 16.0 Å². The van der Waals surface area contributed by atoms with Crippen molar-refractivity contribution in [2.75, 3.05) is 6.54 Å². The van der Waals surface area contributed by atoms with E-state index in [1.54, 1.807) is 0 Å². The molecular formula is C20H25F2N3O3Si. The number of carboxylic acid groups (broad SMARTS) is 1. The molecule has 1 aromatic carbocycles. The molecule has 2 N–H and O–H groups in total. The van der Waals surface area contributed by atoms with Crippen LogP contribution in [0.2, 0.25) is 25.7 Å². The van der Waals surface area contributed by atoms with E-state index in [0.29, 0.717) is 18.2 Å². The second-order valence-corrected chi connectivity index (χ2v) is 14.3. The Labute approximate surface area is 169 Å². The number of Topliss-reactive ketones (excluding diaryl/α,β-unsaturated/α-hetero) is 1. The molecular weight excluding hydrogens is 396 g/mol. The molecule has 3 rings (SSSR count). The summed E-state index contributed by atoms with van der Waals surface area (Å²) in [4.78, 5) is 31.3. The van der Waals surface area contributed by atoms with Crippen LogP contribution in [0.25, 0.3) is 11.3 Å². The van der Waals surface area contributed by atoms with E-state index in [1.165, 1.54) is 6.20 Å². The Bertz CT molecular complexity index is 906. The number of aromatic nitrogens is 2. The molecule has 0 spiro atoms. The number of hydrogen-bond donors (Lipinski definition) is 2. The Morgan fingerprint density at radius 2 is 1.93 bits per heavy atom. The second-order valence-electron chi connectivity index (χ2n) is 8.82. The number of amides is 1. The smallest absolute Gasteiger partial charge is 0.408 e. The summed E-state index contributed by atoms with van der Waals surface area (Å²) in [7, 11) is -1.43. The van der Waals surface area contributed by atoms with Crippen LogP contribution in [0, 0.1) is 0 Å². The second kappa shape index (κ2) is 7.70. The van der Waals surface area contributed by atoms with Gasteiger partial charge < -0.3 is 10.1 Å². The lowest BCUT2D eigenvalue weighted by atomic mass is 10.1. The minimum Gasteiger partial charge on any atom is -0.465 e. The third-order valence-electron chi connectivity index (χ3n) is 4.82. The van der Waals surface area contributed by atoms with Gasteiger partial charge in [-0.25, -0.2) is 18.6 Å². The summed E-state index contributed by atoms with van der Waals surface area (Å²) in [6, 6.07) is 7.05. The van der Waals surface area contributed by atoms with Crippen molar-refractivity contribution >= 4 is 20.0 Å². The maximum Gasteiger partial charge on any atom is 0.408 e. The molecule has 1 aliphatic heterocycles. The predicted molar refractivity (Wildman–Crippen MR) is 108 cm³/mol. The molecule has 1 aromatic heterocycles. The van der Waals surface area contributed by atoms with E-state index >= 15 is 0 Å². The molecule has 6 nitrogen and oxygen atoms in total. The summed E-state index contributed by atoms with van der Waals surface area (Å²) in [5, 5.41) is 9.20. The number of nitrogens with one attached hydrogen (secondary N) is 1. The number of ketones is 1. The number of halogens is 2. The fourth-order valence-electron chi connectivity index (χ4n) is 3.60. The molecule has 1 amide bonds. The van der Waals surface area contributed by atoms with Crippen molar-refractivity contribution in [1.82, 2.24) is 14.9 Å². The molecule has 2 aromatic rings. The number of alkyl halides is 2. The summed E-state index contributed by atoms with van der Waals surface area (Å²) in [6.07, 6.45) is -0.0806. The van der Waals surface area contributed by atoms with Gasteiger partial charge in [0.1, 0.15) is 11.6 Å². The Hall–Kier alpha value is -2.55. The highest BCUT2D eigenvalue weighted by Crippen LogP contribution is 2.40. The van der Waals surface area contributed by atoms with Gasteiger partial charge in [0.15, 0.2) is 0 Å². The fourth-order valence-corrected chi connectivity index (χ4v) is 4.91. The van der Waals surface area contributed by atoms with Crippen molar-refractivity contribution in [2.45, 2.75) is 50.5 Å². The first kappa shape index (κ1) is 21.2. The maximum absolute atomic E-state index is 13.7. The zero-order valence-electron chi connectivity index (χ0n) is 16.7. The molecule has 1 unspecified atom stereocenters. The van der Waals surface area contributed by atoms with Crippen LogP contribution in [-0.2, 0) is 11.2 Å². The normalized spacial score (nSPS) is 18.8. The highest BCUT2D eigenvalue weighted by atomic mass is 28.3. The van der Waals surface area contributed by atoms with Crippen molar-refractivity contribution < 1.29 is 23.5 Å². The number of rotatable bonds is 6. The largest absolute Gasteiger partial charge is 0.465 e. The monoisotopic (exact) mass is 421 g/mol. The van der Waals surface area contributed by atoms with E-state index in [2.05, 4.69) is 29.6 Å². The molecule has 1 saturated heterocycles. The highest BCUT2D eigenvalue weighted by Gasteiger charge is 2.48. The van der Waals surface area contributed by atoms with E-state index in [-0.39, 0.29) is 11.6 Å². The first-order valence-corrected chi connectivity index (χ1v) is 13.2. The van der Waals surface area contributed by atoms with Gasteiger partial charge in [0.2, 0.25) is 0 Å². The molecule has 9 heteroatoms. The van der Waals surface area contributed by atoms with Crippen LogP contribution in [0.5, 0.6) is 0 Å². The number of hydrogen-bond acceptors (Lipinski definition) is 3. The third kappa shape index (κ3) is 5.29. The van der Waals surface area contributed by atoms with Gasteiger partial charge >= 0.3 is 6.09 Å². The minimum atomic E-state index is -3.07. The molecule has 2 heterocycles. The van der Waals surface area contributed by atoms with Crippen LogP contribution in [0.15, 0.2) is 30.5 Å². The first-order chi connectivity index (χ1) is 13.4. The van der Waals surface area contributed by atoms with Crippen LogP contribution in [0.3, 0.4) is 0 Å². The van der Waals surface area contributed by atoms with Crippen molar-refractivity contribution in [2.24, 2.45) is 0 Å². The van der Waals surface area contributed by atoms with Gasteiger partial charge in [0.05, 0.1) is 32.6 Å². The molecule has 0 saturated carbocycles. The Kier molecular flexibility index (Phi) is 5.62. The average Bonchev–Trinajstić information content (AvgIpc) is 3.18. The highest BCUT2D eigenvalue weighted by molar-refractivity contribution is 6.78. The van der Waals surface area contributed by atoms with E-state index in [1.807, 2.05) is 24.3 Å². The van der Waals surface area contributed by atoms with Crippen LogP contribution in [0.1, 0.15) is 23.9 Å². The maximum atomic E-state index is 13.7. The van der Waals surface area contributed by atoms with Crippen molar-refractivity contribution in [3.05, 3.63) is 41.9 Å². The molecule has 0 radical (unpaired) electrons. The Morgan fingerprint density at radius 3 is 2.52 bits per heavy atom. The molecule has 0 aliphatic carbocycles. The molecule has 156 valence electrons. The summed E-state index contributed by atoms with van der Waals surface area (Å²) in [6.45, 7) is 5.66. The molecule has 29 heavy (non-hydrogen) atoms. The van der Waals surface area contributed by atoms with Gasteiger partial charge in [-0.3, -0.25) is 9.69 Å². The summed E-state index contributed by atoms with van der Waals surface area (Å²) in [5.74, 6) is -2.63.